The van der Waals surface area contributed by atoms with Gasteiger partial charge in [0.25, 0.3) is 17.2 Å². The van der Waals surface area contributed by atoms with Crippen LogP contribution in [0.1, 0.15) is 31.9 Å². The molecule has 3 aromatic heterocycles. The molecule has 0 unspecified atom stereocenters. The van der Waals surface area contributed by atoms with Gasteiger partial charge in [0.15, 0.2) is 17.1 Å². The first-order valence-corrected chi connectivity index (χ1v) is 7.70. The van der Waals surface area contributed by atoms with Gasteiger partial charge in [0.1, 0.15) is 34.8 Å². The maximum Gasteiger partial charge on any atom is 0.307 e. The molecule has 0 saturated heterocycles. The van der Waals surface area contributed by atoms with E-state index in [1.165, 1.54) is 0 Å². The van der Waals surface area contributed by atoms with Crippen LogP contribution in [0.2, 0.25) is 0 Å². The van der Waals surface area contributed by atoms with E-state index in [1.54, 1.807) is 18.2 Å². The quantitative estimate of drug-likeness (QED) is 0.304. The van der Waals surface area contributed by atoms with Crippen molar-refractivity contribution < 1.29 is 0 Å². The SMILES string of the molecule is C.C.[C-]#[N+]c1nc2c(nc1C#N)c1nc(C#N)c(C#N)nc1c1nc([N+]#[C-])c([N+]#[C-])nc21. The van der Waals surface area contributed by atoms with Gasteiger partial charge in [-0.05, 0) is 0 Å². The Kier molecular flexibility index (Phi) is 5.81. The van der Waals surface area contributed by atoms with Crippen LogP contribution in [-0.4, -0.2) is 29.9 Å². The van der Waals surface area contributed by atoms with Crippen LogP contribution in [0.15, 0.2) is 0 Å². The molecule has 0 N–H and O–H groups in total. The zero-order chi connectivity index (χ0) is 21.4. The number of aromatic nitrogens is 6. The summed E-state index contributed by atoms with van der Waals surface area (Å²) >= 11 is 0. The number of nitriles is 3. The molecule has 0 fully saturated rings. The van der Waals surface area contributed by atoms with Crippen LogP contribution in [-0.2, 0) is 0 Å². The predicted molar refractivity (Wildman–Crippen MR) is 112 cm³/mol. The molecule has 0 saturated carbocycles. The van der Waals surface area contributed by atoms with Crippen LogP contribution >= 0.6 is 0 Å². The molecule has 1 aromatic carbocycles. The average molecular weight is 416 g/mol. The van der Waals surface area contributed by atoms with Crippen LogP contribution < -0.4 is 0 Å². The fraction of sp³-hybridized carbons (Fsp3) is 0.100. The van der Waals surface area contributed by atoms with Gasteiger partial charge in [-0.1, -0.05) is 34.6 Å². The van der Waals surface area contributed by atoms with Gasteiger partial charge in [-0.25, -0.2) is 15.0 Å². The van der Waals surface area contributed by atoms with Gasteiger partial charge >= 0.3 is 5.82 Å². The molecule has 32 heavy (non-hydrogen) atoms. The van der Waals surface area contributed by atoms with Gasteiger partial charge < -0.3 is 14.5 Å². The first-order chi connectivity index (χ1) is 14.6. The Balaban J connectivity index is 0.00000181. The second-order valence-corrected chi connectivity index (χ2v) is 5.45. The molecule has 3 heterocycles. The molecule has 0 spiro atoms. The summed E-state index contributed by atoms with van der Waals surface area (Å²) in [6.45, 7) is 21.7. The van der Waals surface area contributed by atoms with E-state index in [2.05, 4.69) is 44.4 Å². The fourth-order valence-corrected chi connectivity index (χ4v) is 2.73. The molecule has 0 bridgehead atoms. The second kappa shape index (κ2) is 8.27. The molecule has 12 heteroatoms. The minimum atomic E-state index is -0.298. The third-order valence-corrected chi connectivity index (χ3v) is 3.94. The van der Waals surface area contributed by atoms with Crippen molar-refractivity contribution in [3.05, 3.63) is 51.3 Å². The molecule has 0 aliphatic carbocycles. The highest BCUT2D eigenvalue weighted by Gasteiger charge is 2.28. The highest BCUT2D eigenvalue weighted by Crippen LogP contribution is 2.35. The maximum atomic E-state index is 9.30. The molecular weight excluding hydrogens is 408 g/mol. The first kappa shape index (κ1) is 22.5. The van der Waals surface area contributed by atoms with Crippen molar-refractivity contribution in [1.29, 1.82) is 15.8 Å². The van der Waals surface area contributed by atoms with Crippen molar-refractivity contribution in [2.24, 2.45) is 0 Å². The lowest BCUT2D eigenvalue weighted by atomic mass is 10.1. The third-order valence-electron chi connectivity index (χ3n) is 3.94. The van der Waals surface area contributed by atoms with Gasteiger partial charge in [-0.2, -0.15) is 15.8 Å². The largest absolute Gasteiger partial charge is 0.370 e. The van der Waals surface area contributed by atoms with Crippen molar-refractivity contribution in [2.75, 3.05) is 0 Å². The van der Waals surface area contributed by atoms with Gasteiger partial charge in [-0.15, -0.1) is 15.0 Å². The summed E-state index contributed by atoms with van der Waals surface area (Å²) in [7, 11) is 0. The molecule has 0 radical (unpaired) electrons. The summed E-state index contributed by atoms with van der Waals surface area (Å²) < 4.78 is 0. The Morgan fingerprint density at radius 2 is 0.750 bits per heavy atom. The van der Waals surface area contributed by atoms with E-state index < -0.39 is 0 Å². The molecule has 12 nitrogen and oxygen atoms in total. The minimum absolute atomic E-state index is 0. The van der Waals surface area contributed by atoms with E-state index in [4.69, 9.17) is 19.7 Å². The summed E-state index contributed by atoms with van der Waals surface area (Å²) in [6, 6.07) is 5.29. The van der Waals surface area contributed by atoms with Crippen LogP contribution in [0.5, 0.6) is 0 Å². The molecule has 0 atom stereocenters. The Labute approximate surface area is 181 Å². The molecule has 0 aliphatic rings. The predicted octanol–water partition coefficient (Wildman–Crippen LogP) is 4.06. The number of nitrogens with zero attached hydrogens (tertiary/aromatic N) is 12. The molecule has 0 aliphatic heterocycles. The summed E-state index contributed by atoms with van der Waals surface area (Å²) in [6.07, 6.45) is 0. The zero-order valence-electron chi connectivity index (χ0n) is 14.4. The van der Waals surface area contributed by atoms with Crippen molar-refractivity contribution in [2.45, 2.75) is 14.9 Å². The topological polar surface area (TPSA) is 162 Å². The average Bonchev–Trinajstić information content (AvgIpc) is 2.81. The lowest BCUT2D eigenvalue weighted by molar-refractivity contribution is 1.19. The van der Waals surface area contributed by atoms with Crippen molar-refractivity contribution in [3.8, 4) is 18.2 Å². The number of rotatable bonds is 0. The van der Waals surface area contributed by atoms with Gasteiger partial charge in [0.2, 0.25) is 11.0 Å². The highest BCUT2D eigenvalue weighted by atomic mass is 15.0. The first-order valence-electron chi connectivity index (χ1n) is 7.70. The van der Waals surface area contributed by atoms with E-state index >= 15 is 0 Å². The van der Waals surface area contributed by atoms with E-state index in [9.17, 15) is 15.8 Å². The molecule has 148 valence electrons. The standard InChI is InChI=1S/C18N12.2CH4/c1-22-16-9(6-21)27-12-10-11(26-8(5-20)7(4-19)25-10)14-15(13(12)28-16)30-18(24-3)17(23-2)29-14;;/h;2*1H4. The van der Waals surface area contributed by atoms with Gasteiger partial charge in [0.05, 0.1) is 0 Å². The number of hydrogen-bond acceptors (Lipinski definition) is 9. The monoisotopic (exact) mass is 416 g/mol. The Bertz CT molecular complexity index is 1350. The van der Waals surface area contributed by atoms with E-state index in [0.29, 0.717) is 0 Å². The van der Waals surface area contributed by atoms with Crippen LogP contribution in [0.4, 0.5) is 17.5 Å². The highest BCUT2D eigenvalue weighted by molar-refractivity contribution is 6.19. The zero-order valence-corrected chi connectivity index (χ0v) is 14.4. The Morgan fingerprint density at radius 1 is 0.469 bits per heavy atom. The summed E-state index contributed by atoms with van der Waals surface area (Å²) in [5, 5.41) is 27.9. The Morgan fingerprint density at radius 3 is 1.06 bits per heavy atom. The third kappa shape index (κ3) is 2.97. The summed E-state index contributed by atoms with van der Waals surface area (Å²) in [5.41, 5.74) is -0.854. The molecule has 4 aromatic rings. The number of hydrogen-bond donors (Lipinski definition) is 0. The molecular formula is C20H8N12. The summed E-state index contributed by atoms with van der Waals surface area (Å²) in [5.74, 6) is -0.890. The van der Waals surface area contributed by atoms with E-state index in [0.717, 1.165) is 0 Å². The van der Waals surface area contributed by atoms with Crippen molar-refractivity contribution in [3.63, 3.8) is 0 Å². The van der Waals surface area contributed by atoms with Crippen LogP contribution in [0, 0.1) is 53.7 Å². The normalized spacial score (nSPS) is 9.19. The van der Waals surface area contributed by atoms with Gasteiger partial charge in [-0.3, -0.25) is 0 Å². The smallest absolute Gasteiger partial charge is 0.307 e. The van der Waals surface area contributed by atoms with Crippen LogP contribution in [0.3, 0.4) is 0 Å². The minimum Gasteiger partial charge on any atom is -0.370 e. The number of benzene rings is 1. The molecule has 0 amide bonds. The second-order valence-electron chi connectivity index (χ2n) is 5.45. The van der Waals surface area contributed by atoms with Crippen LogP contribution in [0.25, 0.3) is 47.6 Å². The molecule has 4 rings (SSSR count). The Hall–Kier alpha value is -5.82. The fourth-order valence-electron chi connectivity index (χ4n) is 2.73. The number of fused-ring (bicyclic) bond motifs is 6. The maximum absolute atomic E-state index is 9.30. The van der Waals surface area contributed by atoms with Crippen molar-refractivity contribution >= 4 is 50.6 Å². The van der Waals surface area contributed by atoms with E-state index in [1.807, 2.05) is 0 Å². The van der Waals surface area contributed by atoms with Gasteiger partial charge in [0, 0.05) is 0 Å². The van der Waals surface area contributed by atoms with Crippen molar-refractivity contribution in [1.82, 2.24) is 29.9 Å². The lowest BCUT2D eigenvalue weighted by Crippen LogP contribution is -2.02. The van der Waals surface area contributed by atoms with E-state index in [-0.39, 0.29) is 82.5 Å². The lowest BCUT2D eigenvalue weighted by Gasteiger charge is -2.04. The summed E-state index contributed by atoms with van der Waals surface area (Å²) in [4.78, 5) is 34.4.